The molecule has 2 aromatic rings. The Kier molecular flexibility index (Phi) is 4.69. The fourth-order valence-electron chi connectivity index (χ4n) is 1.74. The zero-order valence-corrected chi connectivity index (χ0v) is 10.6. The van der Waals surface area contributed by atoms with Gasteiger partial charge in [-0.15, -0.1) is 0 Å². The van der Waals surface area contributed by atoms with Gasteiger partial charge in [-0.05, 0) is 24.1 Å². The van der Waals surface area contributed by atoms with Crippen LogP contribution in [0.3, 0.4) is 0 Å². The first-order chi connectivity index (χ1) is 9.29. The summed E-state index contributed by atoms with van der Waals surface area (Å²) in [6, 6.07) is 7.48. The monoisotopic (exact) mass is 259 g/mol. The molecular formula is C14H17N3O2. The number of amides is 1. The van der Waals surface area contributed by atoms with Crippen LogP contribution in [0.15, 0.2) is 43.0 Å². The van der Waals surface area contributed by atoms with Crippen LogP contribution in [0.25, 0.3) is 0 Å². The summed E-state index contributed by atoms with van der Waals surface area (Å²) in [5.41, 5.74) is 1.75. The van der Waals surface area contributed by atoms with Crippen molar-refractivity contribution in [3.63, 3.8) is 0 Å². The molecule has 0 aliphatic rings. The number of nitrogens with zero attached hydrogens (tertiary/aromatic N) is 2. The molecule has 2 N–H and O–H groups in total. The number of carbonyl (C=O) groups is 1. The van der Waals surface area contributed by atoms with E-state index in [0.717, 1.165) is 12.1 Å². The van der Waals surface area contributed by atoms with Crippen LogP contribution < -0.4 is 5.32 Å². The molecule has 0 radical (unpaired) electrons. The van der Waals surface area contributed by atoms with E-state index in [1.165, 1.54) is 0 Å². The number of benzene rings is 1. The number of aliphatic hydroxyl groups is 1. The lowest BCUT2D eigenvalue weighted by molar-refractivity contribution is 0.0951. The topological polar surface area (TPSA) is 67.2 Å². The minimum absolute atomic E-state index is 0.0874. The van der Waals surface area contributed by atoms with E-state index in [1.54, 1.807) is 24.7 Å². The Labute approximate surface area is 111 Å². The minimum atomic E-state index is -0.109. The molecule has 2 rings (SSSR count). The third-order valence-electron chi connectivity index (χ3n) is 2.76. The van der Waals surface area contributed by atoms with Crippen LogP contribution >= 0.6 is 0 Å². The highest BCUT2D eigenvalue weighted by atomic mass is 16.3. The lowest BCUT2D eigenvalue weighted by atomic mass is 10.1. The number of aliphatic hydroxyl groups excluding tert-OH is 1. The predicted octanol–water partition coefficient (Wildman–Crippen LogP) is 1.04. The van der Waals surface area contributed by atoms with Crippen LogP contribution in [0.5, 0.6) is 0 Å². The predicted molar refractivity (Wildman–Crippen MR) is 71.8 cm³/mol. The number of rotatable bonds is 6. The molecule has 0 spiro atoms. The zero-order valence-electron chi connectivity index (χ0n) is 10.6. The van der Waals surface area contributed by atoms with Crippen molar-refractivity contribution in [1.82, 2.24) is 14.9 Å². The van der Waals surface area contributed by atoms with Crippen LogP contribution in [-0.2, 0) is 6.54 Å². The summed E-state index contributed by atoms with van der Waals surface area (Å²) in [5.74, 6) is -0.109. The van der Waals surface area contributed by atoms with Crippen LogP contribution in [0.2, 0.25) is 0 Å². The van der Waals surface area contributed by atoms with Gasteiger partial charge >= 0.3 is 0 Å². The summed E-state index contributed by atoms with van der Waals surface area (Å²) in [7, 11) is 0. The van der Waals surface area contributed by atoms with Gasteiger partial charge in [-0.2, -0.15) is 0 Å². The molecule has 0 saturated heterocycles. The lowest BCUT2D eigenvalue weighted by Crippen LogP contribution is -2.24. The maximum absolute atomic E-state index is 11.7. The highest BCUT2D eigenvalue weighted by molar-refractivity contribution is 5.94. The second-order valence-corrected chi connectivity index (χ2v) is 4.27. The Morgan fingerprint density at radius 3 is 2.74 bits per heavy atom. The minimum Gasteiger partial charge on any atom is -0.396 e. The highest BCUT2D eigenvalue weighted by Gasteiger charge is 2.04. The summed E-state index contributed by atoms with van der Waals surface area (Å²) in [5, 5.41) is 11.4. The summed E-state index contributed by atoms with van der Waals surface area (Å²) >= 11 is 0. The summed E-state index contributed by atoms with van der Waals surface area (Å²) < 4.78 is 1.97. The van der Waals surface area contributed by atoms with Gasteiger partial charge in [0.25, 0.3) is 5.91 Å². The van der Waals surface area contributed by atoms with E-state index in [9.17, 15) is 4.79 Å². The fourth-order valence-corrected chi connectivity index (χ4v) is 1.74. The van der Waals surface area contributed by atoms with E-state index in [1.807, 2.05) is 22.9 Å². The SMILES string of the molecule is O=C(NCCCO)c1ccc(Cn2ccnc2)cc1. The molecule has 0 aliphatic heterocycles. The molecule has 1 amide bonds. The molecule has 100 valence electrons. The smallest absolute Gasteiger partial charge is 0.251 e. The van der Waals surface area contributed by atoms with Crippen LogP contribution in [-0.4, -0.2) is 33.7 Å². The van der Waals surface area contributed by atoms with Gasteiger partial charge < -0.3 is 15.0 Å². The first-order valence-electron chi connectivity index (χ1n) is 6.23. The molecule has 19 heavy (non-hydrogen) atoms. The quantitative estimate of drug-likeness (QED) is 0.762. The molecule has 1 aromatic carbocycles. The second-order valence-electron chi connectivity index (χ2n) is 4.27. The van der Waals surface area contributed by atoms with E-state index in [2.05, 4.69) is 10.3 Å². The Morgan fingerprint density at radius 1 is 1.32 bits per heavy atom. The van der Waals surface area contributed by atoms with Gasteiger partial charge in [-0.3, -0.25) is 4.79 Å². The first-order valence-corrected chi connectivity index (χ1v) is 6.23. The largest absolute Gasteiger partial charge is 0.396 e. The maximum Gasteiger partial charge on any atom is 0.251 e. The van der Waals surface area contributed by atoms with Crippen molar-refractivity contribution in [2.45, 2.75) is 13.0 Å². The molecule has 0 aliphatic carbocycles. The molecule has 0 atom stereocenters. The Morgan fingerprint density at radius 2 is 2.11 bits per heavy atom. The Balaban J connectivity index is 1.92. The molecule has 0 unspecified atom stereocenters. The summed E-state index contributed by atoms with van der Waals surface area (Å²) in [6.45, 7) is 1.32. The van der Waals surface area contributed by atoms with E-state index in [0.29, 0.717) is 18.5 Å². The fraction of sp³-hybridized carbons (Fsp3) is 0.286. The second kappa shape index (κ2) is 6.70. The van der Waals surface area contributed by atoms with Crippen molar-refractivity contribution in [1.29, 1.82) is 0 Å². The highest BCUT2D eigenvalue weighted by Crippen LogP contribution is 2.06. The van der Waals surface area contributed by atoms with Gasteiger partial charge in [0.15, 0.2) is 0 Å². The van der Waals surface area contributed by atoms with Gasteiger partial charge in [0.05, 0.1) is 6.33 Å². The molecule has 0 fully saturated rings. The zero-order chi connectivity index (χ0) is 13.5. The molecule has 1 heterocycles. The van der Waals surface area contributed by atoms with Crippen molar-refractivity contribution in [2.24, 2.45) is 0 Å². The van der Waals surface area contributed by atoms with Crippen LogP contribution in [0.4, 0.5) is 0 Å². The molecule has 5 nitrogen and oxygen atoms in total. The number of nitrogens with one attached hydrogen (secondary N) is 1. The van der Waals surface area contributed by atoms with E-state index in [-0.39, 0.29) is 12.5 Å². The van der Waals surface area contributed by atoms with Crippen molar-refractivity contribution in [2.75, 3.05) is 13.2 Å². The Hall–Kier alpha value is -2.14. The molecule has 0 bridgehead atoms. The first kappa shape index (κ1) is 13.3. The number of carbonyl (C=O) groups excluding carboxylic acids is 1. The van der Waals surface area contributed by atoms with Crippen LogP contribution in [0, 0.1) is 0 Å². The average Bonchev–Trinajstić information content (AvgIpc) is 2.93. The van der Waals surface area contributed by atoms with Gasteiger partial charge in [-0.1, -0.05) is 12.1 Å². The Bertz CT molecular complexity index is 506. The standard InChI is InChI=1S/C14H17N3O2/c18-9-1-6-16-14(19)13-4-2-12(3-5-13)10-17-8-7-15-11-17/h2-5,7-8,11,18H,1,6,9-10H2,(H,16,19). The summed E-state index contributed by atoms with van der Waals surface area (Å²) in [6.07, 6.45) is 5.97. The number of hydrogen-bond acceptors (Lipinski definition) is 3. The van der Waals surface area contributed by atoms with Crippen molar-refractivity contribution < 1.29 is 9.90 Å². The van der Waals surface area contributed by atoms with E-state index in [4.69, 9.17) is 5.11 Å². The third-order valence-corrected chi connectivity index (χ3v) is 2.76. The molecular weight excluding hydrogens is 242 g/mol. The lowest BCUT2D eigenvalue weighted by Gasteiger charge is -2.06. The molecule has 5 heteroatoms. The number of imidazole rings is 1. The molecule has 0 saturated carbocycles. The average molecular weight is 259 g/mol. The van der Waals surface area contributed by atoms with E-state index >= 15 is 0 Å². The van der Waals surface area contributed by atoms with Gasteiger partial charge in [0.2, 0.25) is 0 Å². The van der Waals surface area contributed by atoms with Gasteiger partial charge in [-0.25, -0.2) is 4.98 Å². The van der Waals surface area contributed by atoms with Gasteiger partial charge in [0, 0.05) is 37.7 Å². The van der Waals surface area contributed by atoms with Crippen molar-refractivity contribution >= 4 is 5.91 Å². The number of hydrogen-bond donors (Lipinski definition) is 2. The summed E-state index contributed by atoms with van der Waals surface area (Å²) in [4.78, 5) is 15.7. The van der Waals surface area contributed by atoms with Crippen molar-refractivity contribution in [3.05, 3.63) is 54.1 Å². The normalized spacial score (nSPS) is 10.4. The van der Waals surface area contributed by atoms with Crippen molar-refractivity contribution in [3.8, 4) is 0 Å². The van der Waals surface area contributed by atoms with E-state index < -0.39 is 0 Å². The third kappa shape index (κ3) is 3.93. The van der Waals surface area contributed by atoms with Gasteiger partial charge in [0.1, 0.15) is 0 Å². The van der Waals surface area contributed by atoms with Crippen LogP contribution in [0.1, 0.15) is 22.3 Å². The molecule has 1 aromatic heterocycles. The number of aromatic nitrogens is 2. The maximum atomic E-state index is 11.7.